The summed E-state index contributed by atoms with van der Waals surface area (Å²) in [6.45, 7) is 6.85. The lowest BCUT2D eigenvalue weighted by atomic mass is 9.80. The fourth-order valence-electron chi connectivity index (χ4n) is 4.17. The summed E-state index contributed by atoms with van der Waals surface area (Å²) in [7, 11) is 0. The fourth-order valence-corrected chi connectivity index (χ4v) is 4.17. The molecule has 1 fully saturated rings. The molecule has 0 spiro atoms. The van der Waals surface area contributed by atoms with Gasteiger partial charge in [-0.1, -0.05) is 31.0 Å². The third-order valence-electron chi connectivity index (χ3n) is 4.95. The van der Waals surface area contributed by atoms with E-state index in [-0.39, 0.29) is 5.54 Å². The number of hydrogen-bond acceptors (Lipinski definition) is 1. The van der Waals surface area contributed by atoms with E-state index in [9.17, 15) is 0 Å². The summed E-state index contributed by atoms with van der Waals surface area (Å²) in [6.07, 6.45) is 9.46. The van der Waals surface area contributed by atoms with Gasteiger partial charge in [-0.2, -0.15) is 0 Å². The van der Waals surface area contributed by atoms with Crippen LogP contribution in [0.4, 0.5) is 0 Å². The van der Waals surface area contributed by atoms with Gasteiger partial charge in [0.2, 0.25) is 0 Å². The maximum absolute atomic E-state index is 3.82. The second-order valence-electron chi connectivity index (χ2n) is 7.80. The lowest BCUT2D eigenvalue weighted by Crippen LogP contribution is -2.46. The maximum Gasteiger partial charge on any atom is 0.0116 e. The molecule has 0 saturated heterocycles. The Morgan fingerprint density at radius 2 is 1.80 bits per heavy atom. The van der Waals surface area contributed by atoms with Crippen molar-refractivity contribution in [3.8, 4) is 0 Å². The summed E-state index contributed by atoms with van der Waals surface area (Å²) in [4.78, 5) is 0. The van der Waals surface area contributed by atoms with E-state index in [0.29, 0.717) is 6.04 Å². The first-order valence-corrected chi connectivity index (χ1v) is 8.41. The maximum atomic E-state index is 3.82. The van der Waals surface area contributed by atoms with Crippen LogP contribution in [0.1, 0.15) is 75.5 Å². The Morgan fingerprint density at radius 1 is 1.05 bits per heavy atom. The average molecular weight is 271 g/mol. The Labute approximate surface area is 124 Å². The van der Waals surface area contributed by atoms with E-state index in [1.807, 2.05) is 0 Å². The third-order valence-corrected chi connectivity index (χ3v) is 4.95. The standard InChI is InChI=1S/C19H29N/c1-19(2,3)20-16-12-11-15-9-6-10-17(18(15)13-16)14-7-4-5-8-14/h6,9-10,14,16,20H,4-5,7-8,11-13H2,1-3H3. The number of rotatable bonds is 2. The van der Waals surface area contributed by atoms with Gasteiger partial charge in [0.1, 0.15) is 0 Å². The highest BCUT2D eigenvalue weighted by Gasteiger charge is 2.27. The number of benzene rings is 1. The smallest absolute Gasteiger partial charge is 0.0116 e. The van der Waals surface area contributed by atoms with Crippen molar-refractivity contribution < 1.29 is 0 Å². The van der Waals surface area contributed by atoms with Crippen LogP contribution in [0.15, 0.2) is 18.2 Å². The van der Waals surface area contributed by atoms with Gasteiger partial charge in [0.25, 0.3) is 0 Å². The van der Waals surface area contributed by atoms with Crippen LogP contribution in [0.5, 0.6) is 0 Å². The molecule has 1 aromatic rings. The quantitative estimate of drug-likeness (QED) is 0.829. The van der Waals surface area contributed by atoms with Crippen LogP contribution < -0.4 is 5.32 Å². The third kappa shape index (κ3) is 3.09. The van der Waals surface area contributed by atoms with Crippen LogP contribution >= 0.6 is 0 Å². The Morgan fingerprint density at radius 3 is 2.50 bits per heavy atom. The summed E-state index contributed by atoms with van der Waals surface area (Å²) in [6, 6.07) is 7.73. The first-order valence-electron chi connectivity index (χ1n) is 8.41. The van der Waals surface area contributed by atoms with Crippen LogP contribution in [-0.2, 0) is 12.8 Å². The van der Waals surface area contributed by atoms with Gasteiger partial charge in [-0.15, -0.1) is 0 Å². The van der Waals surface area contributed by atoms with Gasteiger partial charge in [0.05, 0.1) is 0 Å². The molecule has 0 heterocycles. The molecule has 1 unspecified atom stereocenters. The predicted octanol–water partition coefficient (Wildman–Crippen LogP) is 4.59. The zero-order valence-electron chi connectivity index (χ0n) is 13.3. The van der Waals surface area contributed by atoms with Gasteiger partial charge in [0.15, 0.2) is 0 Å². The molecule has 3 rings (SSSR count). The largest absolute Gasteiger partial charge is 0.309 e. The monoisotopic (exact) mass is 271 g/mol. The predicted molar refractivity (Wildman–Crippen MR) is 86.4 cm³/mol. The van der Waals surface area contributed by atoms with Crippen LogP contribution in [0.25, 0.3) is 0 Å². The van der Waals surface area contributed by atoms with Crippen molar-refractivity contribution in [2.24, 2.45) is 0 Å². The minimum Gasteiger partial charge on any atom is -0.309 e. The molecule has 1 atom stereocenters. The molecule has 1 nitrogen and oxygen atoms in total. The van der Waals surface area contributed by atoms with Crippen molar-refractivity contribution in [3.63, 3.8) is 0 Å². The Balaban J connectivity index is 1.83. The lowest BCUT2D eigenvalue weighted by molar-refractivity contribution is 0.334. The molecule has 0 aromatic heterocycles. The number of nitrogens with one attached hydrogen (secondary N) is 1. The van der Waals surface area contributed by atoms with Gasteiger partial charge in [-0.25, -0.2) is 0 Å². The van der Waals surface area contributed by atoms with Crippen LogP contribution in [-0.4, -0.2) is 11.6 Å². The normalized spacial score (nSPS) is 23.9. The molecule has 1 aromatic carbocycles. The van der Waals surface area contributed by atoms with Crippen molar-refractivity contribution in [1.82, 2.24) is 5.32 Å². The summed E-state index contributed by atoms with van der Waals surface area (Å²) in [5.41, 5.74) is 5.22. The number of hydrogen-bond donors (Lipinski definition) is 1. The SMILES string of the molecule is CC(C)(C)NC1CCc2cccc(C3CCCC3)c2C1. The van der Waals surface area contributed by atoms with E-state index >= 15 is 0 Å². The van der Waals surface area contributed by atoms with Crippen LogP contribution in [0, 0.1) is 0 Å². The second-order valence-corrected chi connectivity index (χ2v) is 7.80. The second kappa shape index (κ2) is 5.52. The number of aryl methyl sites for hydroxylation is 1. The van der Waals surface area contributed by atoms with Gasteiger partial charge >= 0.3 is 0 Å². The van der Waals surface area contributed by atoms with Crippen LogP contribution in [0.3, 0.4) is 0 Å². The lowest BCUT2D eigenvalue weighted by Gasteiger charge is -2.34. The molecule has 20 heavy (non-hydrogen) atoms. The van der Waals surface area contributed by atoms with Crippen LogP contribution in [0.2, 0.25) is 0 Å². The van der Waals surface area contributed by atoms with Gasteiger partial charge < -0.3 is 5.32 Å². The van der Waals surface area contributed by atoms with Crippen molar-refractivity contribution in [2.75, 3.05) is 0 Å². The van der Waals surface area contributed by atoms with E-state index in [2.05, 4.69) is 44.3 Å². The molecular weight excluding hydrogens is 242 g/mol. The van der Waals surface area contributed by atoms with Crippen molar-refractivity contribution in [3.05, 3.63) is 34.9 Å². The van der Waals surface area contributed by atoms with E-state index in [1.165, 1.54) is 44.9 Å². The molecule has 2 aliphatic carbocycles. The Kier molecular flexibility index (Phi) is 3.90. The number of fused-ring (bicyclic) bond motifs is 1. The molecule has 2 aliphatic rings. The Bertz CT molecular complexity index is 463. The summed E-state index contributed by atoms with van der Waals surface area (Å²) < 4.78 is 0. The molecule has 1 saturated carbocycles. The molecule has 110 valence electrons. The zero-order chi connectivity index (χ0) is 14.2. The molecule has 0 bridgehead atoms. The molecule has 0 radical (unpaired) electrons. The highest BCUT2D eigenvalue weighted by molar-refractivity contribution is 5.40. The Hall–Kier alpha value is -0.820. The molecule has 0 amide bonds. The highest BCUT2D eigenvalue weighted by Crippen LogP contribution is 2.38. The highest BCUT2D eigenvalue weighted by atomic mass is 15.0. The van der Waals surface area contributed by atoms with Gasteiger partial charge in [-0.05, 0) is 75.5 Å². The summed E-state index contributed by atoms with van der Waals surface area (Å²) in [5, 5.41) is 3.82. The van der Waals surface area contributed by atoms with E-state index in [0.717, 1.165) is 5.92 Å². The molecule has 0 aliphatic heterocycles. The topological polar surface area (TPSA) is 12.0 Å². The molecule has 1 heteroatoms. The van der Waals surface area contributed by atoms with Crippen molar-refractivity contribution >= 4 is 0 Å². The summed E-state index contributed by atoms with van der Waals surface area (Å²) >= 11 is 0. The fraction of sp³-hybridized carbons (Fsp3) is 0.684. The molecule has 1 N–H and O–H groups in total. The first kappa shape index (κ1) is 14.1. The summed E-state index contributed by atoms with van der Waals surface area (Å²) in [5.74, 6) is 0.846. The average Bonchev–Trinajstić information content (AvgIpc) is 2.89. The van der Waals surface area contributed by atoms with E-state index < -0.39 is 0 Å². The van der Waals surface area contributed by atoms with Crippen molar-refractivity contribution in [2.45, 2.75) is 83.2 Å². The first-order chi connectivity index (χ1) is 9.53. The van der Waals surface area contributed by atoms with Gasteiger partial charge in [-0.3, -0.25) is 0 Å². The van der Waals surface area contributed by atoms with Gasteiger partial charge in [0, 0.05) is 11.6 Å². The van der Waals surface area contributed by atoms with E-state index in [4.69, 9.17) is 0 Å². The minimum absolute atomic E-state index is 0.227. The zero-order valence-corrected chi connectivity index (χ0v) is 13.3. The van der Waals surface area contributed by atoms with E-state index in [1.54, 1.807) is 16.7 Å². The molecular formula is C19H29N. The minimum atomic E-state index is 0.227. The van der Waals surface area contributed by atoms with Crippen molar-refractivity contribution in [1.29, 1.82) is 0 Å².